The van der Waals surface area contributed by atoms with Gasteiger partial charge in [-0.2, -0.15) is 0 Å². The van der Waals surface area contributed by atoms with Crippen LogP contribution in [-0.2, 0) is 9.47 Å². The molecule has 2 rings (SSSR count). The Morgan fingerprint density at radius 1 is 1.11 bits per heavy atom. The van der Waals surface area contributed by atoms with E-state index in [0.717, 1.165) is 0 Å². The third-order valence-electron chi connectivity index (χ3n) is 4.30. The number of hydrogen-bond donors (Lipinski definition) is 1. The number of fused-ring (bicyclic) bond motifs is 2. The maximum Gasteiger partial charge on any atom is 0.217 e. The highest BCUT2D eigenvalue weighted by Crippen LogP contribution is 2.73. The molecule has 2 aliphatic carbocycles. The van der Waals surface area contributed by atoms with Crippen molar-refractivity contribution < 1.29 is 14.6 Å². The Bertz CT molecular complexity index is 409. The highest BCUT2D eigenvalue weighted by atomic mass is 35.5. The molecule has 0 aromatic rings. The van der Waals surface area contributed by atoms with Crippen LogP contribution in [0.1, 0.15) is 6.92 Å². The number of aliphatic hydroxyl groups is 1. The smallest absolute Gasteiger partial charge is 0.217 e. The van der Waals surface area contributed by atoms with Crippen molar-refractivity contribution in [1.29, 1.82) is 0 Å². The number of halogens is 4. The third-order valence-corrected chi connectivity index (χ3v) is 7.07. The van der Waals surface area contributed by atoms with Crippen LogP contribution in [0.25, 0.3) is 0 Å². The zero-order chi connectivity index (χ0) is 13.9. The van der Waals surface area contributed by atoms with Gasteiger partial charge in [-0.05, 0) is 5.92 Å². The fourth-order valence-corrected chi connectivity index (χ4v) is 5.57. The lowest BCUT2D eigenvalue weighted by atomic mass is 9.84. The van der Waals surface area contributed by atoms with Crippen LogP contribution in [0, 0.1) is 11.8 Å². The largest absolute Gasteiger partial charge is 0.396 e. The van der Waals surface area contributed by atoms with Crippen molar-refractivity contribution in [2.45, 2.75) is 22.5 Å². The molecule has 2 bridgehead atoms. The van der Waals surface area contributed by atoms with Gasteiger partial charge < -0.3 is 14.6 Å². The summed E-state index contributed by atoms with van der Waals surface area (Å²) in [6.07, 6.45) is 0. The monoisotopic (exact) mass is 334 g/mol. The van der Waals surface area contributed by atoms with Crippen molar-refractivity contribution in [1.82, 2.24) is 0 Å². The normalized spacial score (nSPS) is 46.0. The molecule has 0 spiro atoms. The average molecular weight is 336 g/mol. The van der Waals surface area contributed by atoms with Crippen LogP contribution in [0.4, 0.5) is 0 Å². The number of rotatable bonds is 3. The molecule has 0 aromatic carbocycles. The van der Waals surface area contributed by atoms with Crippen LogP contribution in [0.2, 0.25) is 0 Å². The van der Waals surface area contributed by atoms with Crippen molar-refractivity contribution in [3.05, 3.63) is 10.1 Å². The first kappa shape index (κ1) is 15.2. The summed E-state index contributed by atoms with van der Waals surface area (Å²) in [7, 11) is 2.87. The second-order valence-electron chi connectivity index (χ2n) is 4.65. The van der Waals surface area contributed by atoms with Gasteiger partial charge in [-0.25, -0.2) is 0 Å². The Kier molecular flexibility index (Phi) is 3.70. The molecule has 0 heterocycles. The molecule has 18 heavy (non-hydrogen) atoms. The van der Waals surface area contributed by atoms with Gasteiger partial charge in [0.2, 0.25) is 5.79 Å². The Labute approximate surface area is 126 Å². The molecule has 104 valence electrons. The summed E-state index contributed by atoms with van der Waals surface area (Å²) in [4.78, 5) is -2.49. The second-order valence-corrected chi connectivity index (χ2v) is 6.60. The van der Waals surface area contributed by atoms with E-state index in [9.17, 15) is 5.11 Å². The highest BCUT2D eigenvalue weighted by Gasteiger charge is 2.83. The predicted molar refractivity (Wildman–Crippen MR) is 72.4 cm³/mol. The van der Waals surface area contributed by atoms with Crippen molar-refractivity contribution in [3.8, 4) is 0 Å². The summed E-state index contributed by atoms with van der Waals surface area (Å²) < 4.78 is 11.0. The molecule has 0 radical (unpaired) electrons. The van der Waals surface area contributed by atoms with E-state index in [2.05, 4.69) is 0 Å². The van der Waals surface area contributed by atoms with Gasteiger partial charge in [-0.3, -0.25) is 0 Å². The van der Waals surface area contributed by atoms with Crippen molar-refractivity contribution in [3.63, 3.8) is 0 Å². The van der Waals surface area contributed by atoms with E-state index < -0.39 is 21.5 Å². The molecule has 0 amide bonds. The first-order valence-electron chi connectivity index (χ1n) is 5.44. The number of alkyl halides is 2. The van der Waals surface area contributed by atoms with Crippen LogP contribution in [0.5, 0.6) is 0 Å². The molecule has 0 aromatic heterocycles. The van der Waals surface area contributed by atoms with E-state index in [-0.39, 0.29) is 22.6 Å². The Morgan fingerprint density at radius 3 is 1.89 bits per heavy atom. The molecule has 0 aliphatic heterocycles. The lowest BCUT2D eigenvalue weighted by molar-refractivity contribution is -0.220. The van der Waals surface area contributed by atoms with Crippen molar-refractivity contribution in [2.24, 2.45) is 11.8 Å². The second kappa shape index (κ2) is 4.39. The van der Waals surface area contributed by atoms with E-state index in [1.54, 1.807) is 0 Å². The van der Waals surface area contributed by atoms with Crippen molar-refractivity contribution in [2.75, 3.05) is 20.8 Å². The first-order valence-corrected chi connectivity index (χ1v) is 6.96. The molecule has 7 heteroatoms. The van der Waals surface area contributed by atoms with Crippen LogP contribution in [-0.4, -0.2) is 41.5 Å². The summed E-state index contributed by atoms with van der Waals surface area (Å²) in [6.45, 7) is 1.66. The van der Waals surface area contributed by atoms with Gasteiger partial charge in [0.05, 0.1) is 10.1 Å². The van der Waals surface area contributed by atoms with Gasteiger partial charge >= 0.3 is 0 Å². The van der Waals surface area contributed by atoms with Crippen LogP contribution >= 0.6 is 46.4 Å². The van der Waals surface area contributed by atoms with Crippen LogP contribution in [0.15, 0.2) is 10.1 Å². The molecular weight excluding hydrogens is 322 g/mol. The minimum atomic E-state index is -1.40. The van der Waals surface area contributed by atoms with Gasteiger partial charge in [0.25, 0.3) is 0 Å². The van der Waals surface area contributed by atoms with Gasteiger partial charge in [0.1, 0.15) is 9.75 Å². The minimum absolute atomic E-state index is 0.182. The standard InChI is InChI=1S/C11H14Cl4O3/c1-5-6(4-16)10(15)8(13)7(12)9(5,14)11(10,17-2)18-3/h5-6,16H,4H2,1-3H3. The molecule has 1 N–H and O–H groups in total. The third kappa shape index (κ3) is 1.21. The Balaban J connectivity index is 2.76. The van der Waals surface area contributed by atoms with E-state index in [1.165, 1.54) is 14.2 Å². The van der Waals surface area contributed by atoms with Crippen LogP contribution in [0.3, 0.4) is 0 Å². The zero-order valence-corrected chi connectivity index (χ0v) is 13.2. The van der Waals surface area contributed by atoms with Crippen LogP contribution < -0.4 is 0 Å². The van der Waals surface area contributed by atoms with Gasteiger partial charge in [-0.15, -0.1) is 23.2 Å². The van der Waals surface area contributed by atoms with Crippen molar-refractivity contribution >= 4 is 46.4 Å². The average Bonchev–Trinajstić information content (AvgIpc) is 2.59. The summed E-state index contributed by atoms with van der Waals surface area (Å²) in [5, 5.41) is 9.99. The summed E-state index contributed by atoms with van der Waals surface area (Å²) in [5.41, 5.74) is 0. The molecular formula is C11H14Cl4O3. The number of ether oxygens (including phenoxy) is 2. The first-order chi connectivity index (χ1) is 8.29. The highest BCUT2D eigenvalue weighted by molar-refractivity contribution is 6.52. The SMILES string of the molecule is COC1(OC)C2(Cl)C(Cl)=C(Cl)C1(Cl)C(CO)C2C. The van der Waals surface area contributed by atoms with Gasteiger partial charge in [0.15, 0.2) is 0 Å². The predicted octanol–water partition coefficient (Wildman–Crippen LogP) is 2.89. The minimum Gasteiger partial charge on any atom is -0.396 e. The molecule has 3 nitrogen and oxygen atoms in total. The fraction of sp³-hybridized carbons (Fsp3) is 0.818. The molecule has 1 saturated carbocycles. The van der Waals surface area contributed by atoms with Gasteiger partial charge in [-0.1, -0.05) is 30.1 Å². The fourth-order valence-electron chi connectivity index (χ4n) is 3.36. The molecule has 2 aliphatic rings. The van der Waals surface area contributed by atoms with E-state index in [1.807, 2.05) is 6.92 Å². The number of hydrogen-bond acceptors (Lipinski definition) is 3. The summed E-state index contributed by atoms with van der Waals surface area (Å²) in [6, 6.07) is 0. The molecule has 4 atom stereocenters. The topological polar surface area (TPSA) is 38.7 Å². The lowest BCUT2D eigenvalue weighted by Gasteiger charge is -2.41. The quantitative estimate of drug-likeness (QED) is 0.636. The molecule has 4 unspecified atom stereocenters. The van der Waals surface area contributed by atoms with E-state index >= 15 is 0 Å². The zero-order valence-electron chi connectivity index (χ0n) is 10.1. The Hall–Kier alpha value is 0.780. The maximum absolute atomic E-state index is 9.59. The lowest BCUT2D eigenvalue weighted by Crippen LogP contribution is -2.57. The molecule has 0 saturated heterocycles. The van der Waals surface area contributed by atoms with Gasteiger partial charge in [0, 0.05) is 26.7 Å². The van der Waals surface area contributed by atoms with E-state index in [4.69, 9.17) is 55.9 Å². The number of aliphatic hydroxyl groups excluding tert-OH is 1. The van der Waals surface area contributed by atoms with E-state index in [0.29, 0.717) is 0 Å². The summed E-state index contributed by atoms with van der Waals surface area (Å²) >= 11 is 25.8. The number of methoxy groups -OCH3 is 2. The molecule has 1 fully saturated rings. The summed E-state index contributed by atoms with van der Waals surface area (Å²) in [5.74, 6) is -2.06. The Morgan fingerprint density at radius 2 is 1.56 bits per heavy atom. The maximum atomic E-state index is 9.59.